The van der Waals surface area contributed by atoms with Gasteiger partial charge in [-0.25, -0.2) is 0 Å². The van der Waals surface area contributed by atoms with Gasteiger partial charge in [0.2, 0.25) is 0 Å². The molecule has 0 unspecified atom stereocenters. The van der Waals surface area contributed by atoms with Crippen LogP contribution in [0.25, 0.3) is 0 Å². The number of piperidine rings is 1. The number of rotatable bonds is 6. The summed E-state index contributed by atoms with van der Waals surface area (Å²) in [4.78, 5) is 5.01. The molecule has 0 saturated carbocycles. The Morgan fingerprint density at radius 2 is 1.70 bits per heavy atom. The van der Waals surface area contributed by atoms with Crippen LogP contribution < -0.4 is 4.74 Å². The molecule has 0 bridgehead atoms. The van der Waals surface area contributed by atoms with E-state index in [0.717, 1.165) is 50.2 Å². The fourth-order valence-electron chi connectivity index (χ4n) is 5.90. The molecule has 0 N–H and O–H groups in total. The molecule has 2 atom stereocenters. The summed E-state index contributed by atoms with van der Waals surface area (Å²) < 4.78 is 45.7. The van der Waals surface area contributed by atoms with Gasteiger partial charge in [-0.05, 0) is 81.1 Å². The van der Waals surface area contributed by atoms with Gasteiger partial charge in [0.1, 0.15) is 5.75 Å². The average Bonchev–Trinajstić information content (AvgIpc) is 3.31. The van der Waals surface area contributed by atoms with Crippen LogP contribution >= 0.6 is 0 Å². The molecule has 3 aliphatic rings. The Hall–Kier alpha value is -2.05. The second-order valence-corrected chi connectivity index (χ2v) is 9.69. The van der Waals surface area contributed by atoms with E-state index in [2.05, 4.69) is 21.9 Å². The summed E-state index contributed by atoms with van der Waals surface area (Å²) in [6.07, 6.45) is 2.89. The van der Waals surface area contributed by atoms with Crippen LogP contribution in [-0.4, -0.2) is 49.1 Å². The first-order valence-electron chi connectivity index (χ1n) is 12.4. The maximum absolute atomic E-state index is 13.1. The number of alkyl halides is 3. The number of fused-ring (bicyclic) bond motifs is 3. The highest BCUT2D eigenvalue weighted by Gasteiger charge is 2.38. The van der Waals surface area contributed by atoms with E-state index in [4.69, 9.17) is 4.74 Å². The highest BCUT2D eigenvalue weighted by atomic mass is 19.4. The lowest BCUT2D eigenvalue weighted by Gasteiger charge is -2.38. The van der Waals surface area contributed by atoms with Gasteiger partial charge in [-0.3, -0.25) is 4.90 Å². The van der Waals surface area contributed by atoms with Crippen LogP contribution in [0.2, 0.25) is 0 Å². The molecule has 3 nitrogen and oxygen atoms in total. The zero-order valence-electron chi connectivity index (χ0n) is 19.1. The minimum atomic E-state index is -4.31. The van der Waals surface area contributed by atoms with Crippen LogP contribution in [0.3, 0.4) is 0 Å². The largest absolute Gasteiger partial charge is 0.493 e. The van der Waals surface area contributed by atoms with E-state index in [9.17, 15) is 13.2 Å². The molecule has 6 heteroatoms. The van der Waals surface area contributed by atoms with Crippen molar-refractivity contribution in [2.24, 2.45) is 0 Å². The first kappa shape index (κ1) is 22.7. The van der Waals surface area contributed by atoms with Gasteiger partial charge < -0.3 is 9.64 Å². The molecule has 0 amide bonds. The normalized spacial score (nSPS) is 23.8. The zero-order chi connectivity index (χ0) is 22.8. The van der Waals surface area contributed by atoms with Crippen molar-refractivity contribution in [1.29, 1.82) is 0 Å². The smallest absolute Gasteiger partial charge is 0.416 e. The third-order valence-electron chi connectivity index (χ3n) is 7.55. The molecule has 2 fully saturated rings. The summed E-state index contributed by atoms with van der Waals surface area (Å²) in [7, 11) is 0. The second-order valence-electron chi connectivity index (χ2n) is 9.69. The number of likely N-dealkylation sites (tertiary alicyclic amines) is 1. The summed E-state index contributed by atoms with van der Waals surface area (Å²) in [6, 6.07) is 12.4. The minimum absolute atomic E-state index is 0.0231. The fourth-order valence-corrected chi connectivity index (χ4v) is 5.90. The SMILES string of the molecule is FC(F)(F)c1ccc([C@@H]2CN3CCC[C@H]3c3cccc(OCCCN4CCCCC4)c32)cc1. The molecule has 5 rings (SSSR count). The van der Waals surface area contributed by atoms with Gasteiger partial charge in [0.25, 0.3) is 0 Å². The lowest BCUT2D eigenvalue weighted by atomic mass is 9.81. The quantitative estimate of drug-likeness (QED) is 0.477. The van der Waals surface area contributed by atoms with Gasteiger partial charge in [-0.15, -0.1) is 0 Å². The van der Waals surface area contributed by atoms with Gasteiger partial charge in [0.05, 0.1) is 12.2 Å². The molecule has 0 aliphatic carbocycles. The van der Waals surface area contributed by atoms with Crippen molar-refractivity contribution in [2.75, 3.05) is 39.3 Å². The van der Waals surface area contributed by atoms with Gasteiger partial charge in [0.15, 0.2) is 0 Å². The van der Waals surface area contributed by atoms with Crippen molar-refractivity contribution in [2.45, 2.75) is 56.7 Å². The fraction of sp³-hybridized carbons (Fsp3) is 0.556. The third kappa shape index (κ3) is 4.92. The molecule has 178 valence electrons. The van der Waals surface area contributed by atoms with E-state index in [1.807, 2.05) is 6.07 Å². The Balaban J connectivity index is 1.37. The number of ether oxygens (including phenoxy) is 1. The first-order chi connectivity index (χ1) is 16.0. The lowest BCUT2D eigenvalue weighted by Crippen LogP contribution is -2.35. The van der Waals surface area contributed by atoms with Crippen molar-refractivity contribution in [1.82, 2.24) is 9.80 Å². The molecule has 2 saturated heterocycles. The topological polar surface area (TPSA) is 15.7 Å². The maximum Gasteiger partial charge on any atom is 0.416 e. The predicted octanol–water partition coefficient (Wildman–Crippen LogP) is 6.24. The Morgan fingerprint density at radius 3 is 2.45 bits per heavy atom. The molecule has 0 radical (unpaired) electrons. The molecule has 3 heterocycles. The molecule has 2 aromatic rings. The van der Waals surface area contributed by atoms with Gasteiger partial charge in [0, 0.05) is 30.6 Å². The van der Waals surface area contributed by atoms with E-state index in [1.165, 1.54) is 55.6 Å². The number of hydrogen-bond donors (Lipinski definition) is 0. The number of benzene rings is 2. The standard InChI is InChI=1S/C27H33F3N2O/c28-27(29,30)21-12-10-20(11-13-21)23-19-32-17-5-8-24(32)22-7-4-9-25(26(22)23)33-18-6-16-31-14-2-1-3-15-31/h4,7,9-13,23-24H,1-3,5-6,8,14-19H2/t23-,24-/m0/s1. The van der Waals surface area contributed by atoms with E-state index in [-0.39, 0.29) is 5.92 Å². The zero-order valence-corrected chi connectivity index (χ0v) is 19.1. The van der Waals surface area contributed by atoms with Crippen molar-refractivity contribution in [3.05, 3.63) is 64.7 Å². The van der Waals surface area contributed by atoms with Gasteiger partial charge in [-0.2, -0.15) is 13.2 Å². The summed E-state index contributed by atoms with van der Waals surface area (Å²) >= 11 is 0. The summed E-state index contributed by atoms with van der Waals surface area (Å²) in [5.74, 6) is 0.928. The number of nitrogens with zero attached hydrogens (tertiary/aromatic N) is 2. The van der Waals surface area contributed by atoms with Crippen molar-refractivity contribution in [3.8, 4) is 5.75 Å². The average molecular weight is 459 g/mol. The van der Waals surface area contributed by atoms with Crippen molar-refractivity contribution >= 4 is 0 Å². The van der Waals surface area contributed by atoms with Crippen LogP contribution in [0, 0.1) is 0 Å². The molecule has 0 spiro atoms. The van der Waals surface area contributed by atoms with Crippen molar-refractivity contribution < 1.29 is 17.9 Å². The maximum atomic E-state index is 13.1. The van der Waals surface area contributed by atoms with Gasteiger partial charge in [-0.1, -0.05) is 30.7 Å². The first-order valence-corrected chi connectivity index (χ1v) is 12.4. The highest BCUT2D eigenvalue weighted by Crippen LogP contribution is 2.47. The van der Waals surface area contributed by atoms with Crippen LogP contribution in [-0.2, 0) is 6.18 Å². The Morgan fingerprint density at radius 1 is 0.909 bits per heavy atom. The summed E-state index contributed by atoms with van der Waals surface area (Å²) in [5, 5.41) is 0. The molecule has 3 aliphatic heterocycles. The van der Waals surface area contributed by atoms with E-state index in [1.54, 1.807) is 12.1 Å². The summed E-state index contributed by atoms with van der Waals surface area (Å²) in [5.41, 5.74) is 2.80. The van der Waals surface area contributed by atoms with Crippen LogP contribution in [0.4, 0.5) is 13.2 Å². The van der Waals surface area contributed by atoms with E-state index >= 15 is 0 Å². The molecule has 2 aromatic carbocycles. The number of hydrogen-bond acceptors (Lipinski definition) is 3. The summed E-state index contributed by atoms with van der Waals surface area (Å²) in [6.45, 7) is 5.98. The lowest BCUT2D eigenvalue weighted by molar-refractivity contribution is -0.137. The molecule has 33 heavy (non-hydrogen) atoms. The Bertz CT molecular complexity index is 937. The predicted molar refractivity (Wildman–Crippen MR) is 124 cm³/mol. The molecule has 0 aromatic heterocycles. The number of halogens is 3. The van der Waals surface area contributed by atoms with Crippen LogP contribution in [0.1, 0.15) is 72.7 Å². The van der Waals surface area contributed by atoms with E-state index < -0.39 is 11.7 Å². The molecular formula is C27H33F3N2O. The third-order valence-corrected chi connectivity index (χ3v) is 7.55. The Labute approximate surface area is 194 Å². The Kier molecular flexibility index (Phi) is 6.66. The highest BCUT2D eigenvalue weighted by molar-refractivity contribution is 5.51. The molecular weight excluding hydrogens is 425 g/mol. The van der Waals surface area contributed by atoms with E-state index in [0.29, 0.717) is 12.6 Å². The van der Waals surface area contributed by atoms with Crippen molar-refractivity contribution in [3.63, 3.8) is 0 Å². The minimum Gasteiger partial charge on any atom is -0.493 e. The monoisotopic (exact) mass is 458 g/mol. The van der Waals surface area contributed by atoms with Crippen LogP contribution in [0.5, 0.6) is 5.75 Å². The van der Waals surface area contributed by atoms with Gasteiger partial charge >= 0.3 is 6.18 Å². The van der Waals surface area contributed by atoms with Crippen LogP contribution in [0.15, 0.2) is 42.5 Å². The second kappa shape index (κ2) is 9.67.